The van der Waals surface area contributed by atoms with Gasteiger partial charge in [-0.3, -0.25) is 0 Å². The Morgan fingerprint density at radius 1 is 1.67 bits per heavy atom. The minimum Gasteiger partial charge on any atom is -0.384 e. The molecule has 0 aliphatic carbocycles. The van der Waals surface area contributed by atoms with E-state index in [1.807, 2.05) is 6.92 Å². The van der Waals surface area contributed by atoms with Gasteiger partial charge in [0.1, 0.15) is 5.82 Å². The smallest absolute Gasteiger partial charge is 0.190 e. The summed E-state index contributed by atoms with van der Waals surface area (Å²) in [4.78, 5) is 8.07. The molecule has 0 aliphatic heterocycles. The van der Waals surface area contributed by atoms with Gasteiger partial charge in [0.15, 0.2) is 5.16 Å². The van der Waals surface area contributed by atoms with E-state index in [1.165, 1.54) is 11.8 Å². The lowest BCUT2D eigenvalue weighted by molar-refractivity contribution is 0.969. The zero-order chi connectivity index (χ0) is 8.97. The van der Waals surface area contributed by atoms with Crippen LogP contribution in [0.3, 0.4) is 0 Å². The average molecular weight is 182 g/mol. The molecule has 1 aromatic heterocycles. The van der Waals surface area contributed by atoms with Crippen LogP contribution in [-0.4, -0.2) is 21.9 Å². The summed E-state index contributed by atoms with van der Waals surface area (Å²) in [7, 11) is 0. The second kappa shape index (κ2) is 4.06. The van der Waals surface area contributed by atoms with Gasteiger partial charge in [0, 0.05) is 12.3 Å². The van der Waals surface area contributed by atoms with Gasteiger partial charge in [-0.25, -0.2) is 9.97 Å². The summed E-state index contributed by atoms with van der Waals surface area (Å²) in [5, 5.41) is 7.62. The molecule has 0 saturated heterocycles. The van der Waals surface area contributed by atoms with Gasteiger partial charge in [-0.15, -0.1) is 0 Å². The SMILES string of the molecule is CCSc1nc(N)cc(C=N)n1. The maximum Gasteiger partial charge on any atom is 0.190 e. The van der Waals surface area contributed by atoms with E-state index in [0.717, 1.165) is 12.0 Å². The molecule has 0 aromatic carbocycles. The molecule has 0 amide bonds. The number of nitrogens with zero attached hydrogens (tertiary/aromatic N) is 2. The Balaban J connectivity index is 2.97. The molecule has 0 atom stereocenters. The highest BCUT2D eigenvalue weighted by molar-refractivity contribution is 7.99. The van der Waals surface area contributed by atoms with Gasteiger partial charge in [-0.05, 0) is 5.75 Å². The van der Waals surface area contributed by atoms with Crippen molar-refractivity contribution in [2.24, 2.45) is 0 Å². The average Bonchev–Trinajstić information content (AvgIpc) is 2.04. The fourth-order valence-electron chi connectivity index (χ4n) is 0.730. The molecule has 1 aromatic rings. The van der Waals surface area contributed by atoms with E-state index >= 15 is 0 Å². The number of aromatic nitrogens is 2. The highest BCUT2D eigenvalue weighted by atomic mass is 32.2. The molecule has 0 spiro atoms. The molecule has 4 nitrogen and oxygen atoms in total. The lowest BCUT2D eigenvalue weighted by Crippen LogP contribution is -1.98. The van der Waals surface area contributed by atoms with Crippen molar-refractivity contribution in [2.75, 3.05) is 11.5 Å². The summed E-state index contributed by atoms with van der Waals surface area (Å²) in [6.45, 7) is 2.02. The summed E-state index contributed by atoms with van der Waals surface area (Å²) < 4.78 is 0. The van der Waals surface area contributed by atoms with Gasteiger partial charge >= 0.3 is 0 Å². The monoisotopic (exact) mass is 182 g/mol. The van der Waals surface area contributed by atoms with Gasteiger partial charge in [0.25, 0.3) is 0 Å². The molecule has 0 radical (unpaired) electrons. The molecule has 5 heteroatoms. The van der Waals surface area contributed by atoms with Crippen molar-refractivity contribution in [3.63, 3.8) is 0 Å². The Morgan fingerprint density at radius 2 is 2.42 bits per heavy atom. The number of anilines is 1. The number of hydrogen-bond acceptors (Lipinski definition) is 5. The Morgan fingerprint density at radius 3 is 3.00 bits per heavy atom. The zero-order valence-corrected chi connectivity index (χ0v) is 7.56. The molecule has 0 aliphatic rings. The number of rotatable bonds is 3. The molecule has 1 rings (SSSR count). The normalized spacial score (nSPS) is 9.75. The molecule has 3 N–H and O–H groups in total. The number of nitrogen functional groups attached to an aromatic ring is 1. The van der Waals surface area contributed by atoms with Crippen molar-refractivity contribution in [3.05, 3.63) is 11.8 Å². The maximum atomic E-state index is 6.99. The Bertz CT molecular complexity index is 287. The zero-order valence-electron chi connectivity index (χ0n) is 6.74. The summed E-state index contributed by atoms with van der Waals surface area (Å²) >= 11 is 1.51. The molecule has 0 unspecified atom stereocenters. The molecule has 64 valence electrons. The van der Waals surface area contributed by atoms with E-state index in [9.17, 15) is 0 Å². The molecule has 0 saturated carbocycles. The van der Waals surface area contributed by atoms with E-state index in [2.05, 4.69) is 9.97 Å². The number of hydrogen-bond donors (Lipinski definition) is 2. The largest absolute Gasteiger partial charge is 0.384 e. The summed E-state index contributed by atoms with van der Waals surface area (Å²) in [5.41, 5.74) is 6.05. The third-order valence-electron chi connectivity index (χ3n) is 1.17. The van der Waals surface area contributed by atoms with Crippen molar-refractivity contribution in [1.29, 1.82) is 5.41 Å². The first-order valence-corrected chi connectivity index (χ1v) is 4.52. The van der Waals surface area contributed by atoms with Crippen LogP contribution < -0.4 is 5.73 Å². The first-order chi connectivity index (χ1) is 5.76. The highest BCUT2D eigenvalue weighted by Crippen LogP contribution is 2.13. The number of nitrogens with one attached hydrogen (secondary N) is 1. The van der Waals surface area contributed by atoms with Crippen molar-refractivity contribution in [1.82, 2.24) is 9.97 Å². The van der Waals surface area contributed by atoms with Crippen molar-refractivity contribution < 1.29 is 0 Å². The summed E-state index contributed by atoms with van der Waals surface area (Å²) in [6, 6.07) is 1.58. The van der Waals surface area contributed by atoms with Crippen LogP contribution in [0.4, 0.5) is 5.82 Å². The lowest BCUT2D eigenvalue weighted by Gasteiger charge is -1.99. The van der Waals surface area contributed by atoms with E-state index in [4.69, 9.17) is 11.1 Å². The Hall–Kier alpha value is -1.10. The predicted octanol–water partition coefficient (Wildman–Crippen LogP) is 1.17. The van der Waals surface area contributed by atoms with Gasteiger partial charge in [-0.2, -0.15) is 0 Å². The van der Waals surface area contributed by atoms with Crippen LogP contribution in [0.15, 0.2) is 11.2 Å². The van der Waals surface area contributed by atoms with Crippen LogP contribution in [-0.2, 0) is 0 Å². The van der Waals surface area contributed by atoms with E-state index < -0.39 is 0 Å². The van der Waals surface area contributed by atoms with Crippen LogP contribution in [0.2, 0.25) is 0 Å². The van der Waals surface area contributed by atoms with E-state index in [-0.39, 0.29) is 0 Å². The maximum absolute atomic E-state index is 6.99. The molecule has 12 heavy (non-hydrogen) atoms. The number of thioether (sulfide) groups is 1. The predicted molar refractivity (Wildman–Crippen MR) is 50.7 cm³/mol. The van der Waals surface area contributed by atoms with Crippen molar-refractivity contribution in [3.8, 4) is 0 Å². The standard InChI is InChI=1S/C7H10N4S/c1-2-12-7-10-5(4-8)3-6(9)11-7/h3-4,8H,2H2,1H3,(H2,9,10,11). The fourth-order valence-corrected chi connectivity index (χ4v) is 1.33. The topological polar surface area (TPSA) is 75.7 Å². The minimum absolute atomic E-state index is 0.416. The van der Waals surface area contributed by atoms with E-state index in [0.29, 0.717) is 16.7 Å². The fraction of sp³-hybridized carbons (Fsp3) is 0.286. The van der Waals surface area contributed by atoms with Gasteiger partial charge in [-0.1, -0.05) is 18.7 Å². The molecular weight excluding hydrogens is 172 g/mol. The van der Waals surface area contributed by atoms with Crippen molar-refractivity contribution >= 4 is 23.8 Å². The highest BCUT2D eigenvalue weighted by Gasteiger charge is 1.99. The van der Waals surface area contributed by atoms with Gasteiger partial charge in [0.2, 0.25) is 0 Å². The summed E-state index contributed by atoms with van der Waals surface area (Å²) in [5.74, 6) is 1.32. The van der Waals surface area contributed by atoms with Gasteiger partial charge in [0.05, 0.1) is 5.69 Å². The third kappa shape index (κ3) is 2.20. The van der Waals surface area contributed by atoms with Crippen LogP contribution in [0, 0.1) is 5.41 Å². The van der Waals surface area contributed by atoms with Crippen LogP contribution in [0.5, 0.6) is 0 Å². The molecule has 0 fully saturated rings. The van der Waals surface area contributed by atoms with Crippen LogP contribution in [0.1, 0.15) is 12.6 Å². The Kier molecular flexibility index (Phi) is 3.04. The first kappa shape index (κ1) is 8.99. The number of nitrogens with two attached hydrogens (primary N) is 1. The summed E-state index contributed by atoms with van der Waals surface area (Å²) in [6.07, 6.45) is 1.16. The molecular formula is C7H10N4S. The minimum atomic E-state index is 0.416. The van der Waals surface area contributed by atoms with E-state index in [1.54, 1.807) is 6.07 Å². The van der Waals surface area contributed by atoms with Gasteiger partial charge < -0.3 is 11.1 Å². The second-order valence-corrected chi connectivity index (χ2v) is 3.31. The second-order valence-electron chi connectivity index (χ2n) is 2.08. The third-order valence-corrected chi connectivity index (χ3v) is 1.90. The van der Waals surface area contributed by atoms with Crippen LogP contribution >= 0.6 is 11.8 Å². The lowest BCUT2D eigenvalue weighted by atomic mass is 10.4. The van der Waals surface area contributed by atoms with Crippen molar-refractivity contribution in [2.45, 2.75) is 12.1 Å². The van der Waals surface area contributed by atoms with Crippen LogP contribution in [0.25, 0.3) is 0 Å². The molecule has 1 heterocycles. The quantitative estimate of drug-likeness (QED) is 0.418. The first-order valence-electron chi connectivity index (χ1n) is 3.54. The Labute approximate surface area is 75.1 Å². The molecule has 0 bridgehead atoms.